The summed E-state index contributed by atoms with van der Waals surface area (Å²) in [5.41, 5.74) is 0. The molecule has 2 heterocycles. The van der Waals surface area contributed by atoms with Crippen LogP contribution < -0.4 is 0 Å². The Labute approximate surface area is 238 Å². The molecule has 0 N–H and O–H groups in total. The lowest BCUT2D eigenvalue weighted by Crippen LogP contribution is -2.71. The van der Waals surface area contributed by atoms with Gasteiger partial charge in [0.25, 0.3) is 0 Å². The Kier molecular flexibility index (Phi) is 9.80. The summed E-state index contributed by atoms with van der Waals surface area (Å²) < 4.78 is 91.3. The average Bonchev–Trinajstić information content (AvgIpc) is 2.89. The number of rotatable bonds is 6. The smallest absolute Gasteiger partial charge is 0.383 e. The largest absolute Gasteiger partial charge is 0.394 e. The van der Waals surface area contributed by atoms with Crippen molar-refractivity contribution in [2.24, 2.45) is 35.5 Å². The number of hydrogen-bond donors (Lipinski definition) is 0. The normalized spacial score (nSPS) is 42.9. The van der Waals surface area contributed by atoms with Crippen LogP contribution in [0.3, 0.4) is 0 Å². The minimum Gasteiger partial charge on any atom is -0.383 e. The van der Waals surface area contributed by atoms with E-state index >= 15 is 0 Å². The Bertz CT molecular complexity index is 942. The quantitative estimate of drug-likeness (QED) is 0.333. The van der Waals surface area contributed by atoms with Gasteiger partial charge >= 0.3 is 6.18 Å². The van der Waals surface area contributed by atoms with E-state index in [0.29, 0.717) is 51.3 Å². The molecule has 0 aromatic carbocycles. The van der Waals surface area contributed by atoms with Gasteiger partial charge < -0.3 is 4.74 Å². The number of methoxy groups -OCH3 is 1. The van der Waals surface area contributed by atoms with Gasteiger partial charge in [-0.3, -0.25) is 4.90 Å². The molecule has 10 heteroatoms. The molecular formula is C30H50F4N2O3S. The van der Waals surface area contributed by atoms with Crippen molar-refractivity contribution in [3.05, 3.63) is 0 Å². The molecule has 40 heavy (non-hydrogen) atoms. The maximum atomic E-state index is 14.5. The van der Waals surface area contributed by atoms with Gasteiger partial charge in [-0.1, -0.05) is 26.2 Å². The van der Waals surface area contributed by atoms with E-state index < -0.39 is 34.2 Å². The van der Waals surface area contributed by atoms with Gasteiger partial charge in [-0.2, -0.15) is 13.2 Å². The summed E-state index contributed by atoms with van der Waals surface area (Å²) in [4.78, 5) is 2.46. The highest BCUT2D eigenvalue weighted by Gasteiger charge is 2.56. The van der Waals surface area contributed by atoms with E-state index in [4.69, 9.17) is 4.74 Å². The van der Waals surface area contributed by atoms with Crippen molar-refractivity contribution >= 4 is 10.0 Å². The summed E-state index contributed by atoms with van der Waals surface area (Å²) in [5.74, 6) is -1.73. The van der Waals surface area contributed by atoms with Crippen LogP contribution in [0.25, 0.3) is 0 Å². The summed E-state index contributed by atoms with van der Waals surface area (Å²) in [6.45, 7) is 4.70. The first-order valence-electron chi connectivity index (χ1n) is 16.0. The third-order valence-corrected chi connectivity index (χ3v) is 14.0. The molecule has 8 atom stereocenters. The molecule has 5 aliphatic rings. The van der Waals surface area contributed by atoms with E-state index in [1.54, 1.807) is 11.4 Å². The Morgan fingerprint density at radius 1 is 0.850 bits per heavy atom. The van der Waals surface area contributed by atoms with Crippen LogP contribution >= 0.6 is 0 Å². The maximum absolute atomic E-state index is 14.5. The predicted octanol–water partition coefficient (Wildman–Crippen LogP) is 6.43. The second-order valence-electron chi connectivity index (χ2n) is 13.7. The molecule has 0 aromatic heterocycles. The van der Waals surface area contributed by atoms with E-state index in [9.17, 15) is 26.0 Å². The predicted molar refractivity (Wildman–Crippen MR) is 148 cm³/mol. The van der Waals surface area contributed by atoms with Crippen LogP contribution in [-0.4, -0.2) is 80.7 Å². The van der Waals surface area contributed by atoms with E-state index in [-0.39, 0.29) is 41.5 Å². The van der Waals surface area contributed by atoms with Crippen molar-refractivity contribution in [3.8, 4) is 0 Å². The van der Waals surface area contributed by atoms with Crippen LogP contribution in [0.4, 0.5) is 17.6 Å². The molecule has 0 aromatic rings. The summed E-state index contributed by atoms with van der Waals surface area (Å²) >= 11 is 0. The van der Waals surface area contributed by atoms with Crippen LogP contribution in [0.2, 0.25) is 0 Å². The Hall–Kier alpha value is -0.450. The Balaban J connectivity index is 1.29. The van der Waals surface area contributed by atoms with E-state index in [2.05, 4.69) is 11.8 Å². The molecular weight excluding hydrogens is 544 g/mol. The highest BCUT2D eigenvalue weighted by Crippen LogP contribution is 2.52. The van der Waals surface area contributed by atoms with Crippen molar-refractivity contribution in [2.75, 3.05) is 33.4 Å². The minimum atomic E-state index is -4.48. The zero-order valence-electron chi connectivity index (χ0n) is 24.3. The topological polar surface area (TPSA) is 49.9 Å². The lowest BCUT2D eigenvalue weighted by Gasteiger charge is -2.60. The Morgan fingerprint density at radius 3 is 2.20 bits per heavy atom. The number of hydrogen-bond acceptors (Lipinski definition) is 4. The molecule has 3 aliphatic carbocycles. The fraction of sp³-hybridized carbons (Fsp3) is 1.00. The molecule has 3 saturated carbocycles. The summed E-state index contributed by atoms with van der Waals surface area (Å²) in [5, 5.41) is -0.297. The van der Waals surface area contributed by atoms with Gasteiger partial charge in [0, 0.05) is 32.3 Å². The molecule has 5 nitrogen and oxygen atoms in total. The first-order chi connectivity index (χ1) is 19.0. The van der Waals surface area contributed by atoms with E-state index in [0.717, 1.165) is 57.9 Å². The van der Waals surface area contributed by atoms with Gasteiger partial charge in [0.15, 0.2) is 0 Å². The fourth-order valence-electron chi connectivity index (χ4n) is 9.55. The van der Waals surface area contributed by atoms with Gasteiger partial charge in [-0.05, 0) is 100 Å². The van der Waals surface area contributed by atoms with E-state index in [1.807, 2.05) is 0 Å². The number of ether oxygens (including phenoxy) is 1. The standard InChI is InChI=1S/C30H50F4N2O3S/c1-20-8-3-4-11-27(20)40(37,38)35-16-5-6-17-36-25(18-35)28(26(36)19-39-2)22-14-12-21(13-15-22)23-9-7-10-24(31)29(23)30(32,33)34/h20-29H,3-19H2,1-2H3/t20?,21?,22?,23?,24?,25?,26-,27?,28+,29?/m1/s1. The van der Waals surface area contributed by atoms with Crippen molar-refractivity contribution in [1.29, 1.82) is 0 Å². The lowest BCUT2D eigenvalue weighted by molar-refractivity contribution is -0.221. The number of fused-ring (bicyclic) bond motifs is 1. The number of halogens is 4. The average molecular weight is 595 g/mol. The first kappa shape index (κ1) is 31.0. The number of sulfonamides is 1. The highest BCUT2D eigenvalue weighted by molar-refractivity contribution is 7.89. The maximum Gasteiger partial charge on any atom is 0.394 e. The third-order valence-electron chi connectivity index (χ3n) is 11.5. The second kappa shape index (κ2) is 12.7. The SMILES string of the molecule is COC[C@@H]1[C@@H](C2CCC(C3CCCC(F)C3C(F)(F)F)CC2)C2CN(S(=O)(=O)C3CCCCC3C)CCCCN21. The van der Waals surface area contributed by atoms with Crippen LogP contribution in [0.15, 0.2) is 0 Å². The Morgan fingerprint density at radius 2 is 1.52 bits per heavy atom. The molecule has 5 rings (SSSR count). The van der Waals surface area contributed by atoms with Crippen molar-refractivity contribution in [3.63, 3.8) is 0 Å². The molecule has 232 valence electrons. The van der Waals surface area contributed by atoms with Crippen molar-refractivity contribution in [1.82, 2.24) is 9.21 Å². The van der Waals surface area contributed by atoms with Crippen LogP contribution in [0.5, 0.6) is 0 Å². The minimum absolute atomic E-state index is 0.0212. The molecule has 6 unspecified atom stereocenters. The van der Waals surface area contributed by atoms with Gasteiger partial charge in [0.1, 0.15) is 6.17 Å². The van der Waals surface area contributed by atoms with Gasteiger partial charge in [0.2, 0.25) is 10.0 Å². The highest BCUT2D eigenvalue weighted by atomic mass is 32.2. The third kappa shape index (κ3) is 6.12. The monoisotopic (exact) mass is 594 g/mol. The van der Waals surface area contributed by atoms with Crippen LogP contribution in [0, 0.1) is 35.5 Å². The molecule has 2 aliphatic heterocycles. The van der Waals surface area contributed by atoms with Gasteiger partial charge in [-0.25, -0.2) is 17.1 Å². The molecule has 0 amide bonds. The van der Waals surface area contributed by atoms with Crippen LogP contribution in [-0.2, 0) is 14.8 Å². The first-order valence-corrected chi connectivity index (χ1v) is 17.5. The zero-order valence-corrected chi connectivity index (χ0v) is 25.2. The lowest BCUT2D eigenvalue weighted by atomic mass is 9.61. The summed E-state index contributed by atoms with van der Waals surface area (Å²) in [7, 11) is -1.69. The van der Waals surface area contributed by atoms with Crippen molar-refractivity contribution < 1.29 is 30.7 Å². The molecule has 0 bridgehead atoms. The van der Waals surface area contributed by atoms with Crippen LogP contribution in [0.1, 0.15) is 90.4 Å². The zero-order chi connectivity index (χ0) is 28.7. The van der Waals surface area contributed by atoms with Gasteiger partial charge in [-0.15, -0.1) is 0 Å². The molecule has 2 saturated heterocycles. The second-order valence-corrected chi connectivity index (χ2v) is 15.8. The summed E-state index contributed by atoms with van der Waals surface area (Å²) in [6.07, 6.45) is 3.45. The molecule has 5 fully saturated rings. The summed E-state index contributed by atoms with van der Waals surface area (Å²) in [6, 6.07) is 0.351. The molecule has 0 spiro atoms. The number of alkyl halides is 4. The van der Waals surface area contributed by atoms with E-state index in [1.165, 1.54) is 0 Å². The van der Waals surface area contributed by atoms with Crippen molar-refractivity contribution in [2.45, 2.75) is 120 Å². The van der Waals surface area contributed by atoms with Gasteiger partial charge in [0.05, 0.1) is 17.8 Å². The molecule has 0 radical (unpaired) electrons. The fourth-order valence-corrected chi connectivity index (χ4v) is 11.9. The number of nitrogens with zero attached hydrogens (tertiary/aromatic N) is 2.